The van der Waals surface area contributed by atoms with Crippen molar-refractivity contribution in [1.29, 1.82) is 0 Å². The van der Waals surface area contributed by atoms with Crippen LogP contribution < -0.4 is 4.90 Å². The SMILES string of the molecule is CN(C(=O)N(C)[C@@H]1CN(S(=O)(=O)c2cccnc2)C[C@H]1c1ccc(F)cc1)c1cc(C(F)(F)F)cc(C(F)(F)F)c1. The summed E-state index contributed by atoms with van der Waals surface area (Å²) in [6, 6.07) is 6.77. The maximum atomic E-state index is 13.6. The summed E-state index contributed by atoms with van der Waals surface area (Å²) in [6.07, 6.45) is -7.71. The van der Waals surface area contributed by atoms with Gasteiger partial charge in [-0.1, -0.05) is 12.1 Å². The summed E-state index contributed by atoms with van der Waals surface area (Å²) < 4.78 is 122. The molecule has 0 N–H and O–H groups in total. The average molecular weight is 605 g/mol. The molecule has 0 aliphatic carbocycles. The van der Waals surface area contributed by atoms with Gasteiger partial charge in [0.2, 0.25) is 10.0 Å². The van der Waals surface area contributed by atoms with Crippen LogP contribution in [0.2, 0.25) is 0 Å². The second-order valence-corrected chi connectivity index (χ2v) is 11.4. The molecule has 0 saturated carbocycles. The van der Waals surface area contributed by atoms with E-state index < -0.39 is 63.0 Å². The Bertz CT molecular complexity index is 1480. The smallest absolute Gasteiger partial charge is 0.322 e. The average Bonchev–Trinajstić information content (AvgIpc) is 3.38. The Morgan fingerprint density at radius 1 is 0.927 bits per heavy atom. The van der Waals surface area contributed by atoms with E-state index in [4.69, 9.17) is 0 Å². The Balaban J connectivity index is 1.70. The molecule has 2 aromatic carbocycles. The summed E-state index contributed by atoms with van der Waals surface area (Å²) in [6.45, 7) is -0.400. The zero-order valence-electron chi connectivity index (χ0n) is 21.5. The van der Waals surface area contributed by atoms with Crippen LogP contribution in [0.25, 0.3) is 0 Å². The van der Waals surface area contributed by atoms with Crippen LogP contribution in [0, 0.1) is 5.82 Å². The number of nitrogens with zero attached hydrogens (tertiary/aromatic N) is 4. The third-order valence-electron chi connectivity index (χ3n) is 6.87. The van der Waals surface area contributed by atoms with Crippen molar-refractivity contribution >= 4 is 21.7 Å². The molecule has 1 fully saturated rings. The number of hydrogen-bond donors (Lipinski definition) is 0. The third kappa shape index (κ3) is 6.30. The van der Waals surface area contributed by atoms with Gasteiger partial charge in [-0.05, 0) is 48.0 Å². The van der Waals surface area contributed by atoms with E-state index in [2.05, 4.69) is 4.98 Å². The molecule has 2 heterocycles. The number of alkyl halides is 6. The molecule has 15 heteroatoms. The number of carbonyl (C=O) groups excluding carboxylic acids is 1. The molecule has 4 rings (SSSR count). The van der Waals surface area contributed by atoms with E-state index >= 15 is 0 Å². The van der Waals surface area contributed by atoms with Crippen molar-refractivity contribution in [3.8, 4) is 0 Å². The highest BCUT2D eigenvalue weighted by molar-refractivity contribution is 7.89. The predicted octanol–water partition coefficient (Wildman–Crippen LogP) is 5.60. The Labute approximate surface area is 230 Å². The number of aromatic nitrogens is 1. The maximum Gasteiger partial charge on any atom is 0.416 e. The molecule has 0 radical (unpaired) electrons. The summed E-state index contributed by atoms with van der Waals surface area (Å²) in [5.74, 6) is -1.27. The topological polar surface area (TPSA) is 73.8 Å². The Kier molecular flexibility index (Phi) is 8.06. The third-order valence-corrected chi connectivity index (χ3v) is 8.69. The van der Waals surface area contributed by atoms with Gasteiger partial charge in [0.25, 0.3) is 0 Å². The highest BCUT2D eigenvalue weighted by Gasteiger charge is 2.44. The molecule has 1 aliphatic rings. The molecule has 2 atom stereocenters. The molecule has 1 aromatic heterocycles. The van der Waals surface area contributed by atoms with Crippen LogP contribution in [-0.4, -0.2) is 61.9 Å². The van der Waals surface area contributed by atoms with E-state index in [-0.39, 0.29) is 24.1 Å². The number of benzene rings is 2. The van der Waals surface area contributed by atoms with Gasteiger partial charge in [-0.2, -0.15) is 30.6 Å². The maximum absolute atomic E-state index is 13.6. The van der Waals surface area contributed by atoms with Crippen LogP contribution in [0.4, 0.5) is 41.2 Å². The number of halogens is 7. The van der Waals surface area contributed by atoms with Gasteiger partial charge in [-0.15, -0.1) is 0 Å². The van der Waals surface area contributed by atoms with Gasteiger partial charge < -0.3 is 4.90 Å². The standard InChI is InChI=1S/C26H23F7N4O3S/c1-35(20-11-17(25(28,29)30)10-18(12-20)26(31,32)33)24(38)36(2)23-15-37(41(39,40)21-4-3-9-34-13-21)14-22(23)16-5-7-19(27)8-6-16/h3-13,22-23H,14-15H2,1-2H3/t22-,23+/m0/s1. The van der Waals surface area contributed by atoms with Gasteiger partial charge in [-0.25, -0.2) is 17.6 Å². The highest BCUT2D eigenvalue weighted by Crippen LogP contribution is 2.39. The lowest BCUT2D eigenvalue weighted by Gasteiger charge is -2.33. The monoisotopic (exact) mass is 604 g/mol. The van der Waals surface area contributed by atoms with Crippen molar-refractivity contribution in [1.82, 2.24) is 14.2 Å². The van der Waals surface area contributed by atoms with Crippen molar-refractivity contribution in [2.75, 3.05) is 32.1 Å². The first-order valence-corrected chi connectivity index (χ1v) is 13.4. The molecule has 220 valence electrons. The van der Waals surface area contributed by atoms with E-state index in [9.17, 15) is 43.9 Å². The van der Waals surface area contributed by atoms with Crippen molar-refractivity contribution < 1.29 is 43.9 Å². The van der Waals surface area contributed by atoms with E-state index in [0.717, 1.165) is 34.6 Å². The minimum Gasteiger partial charge on any atom is -0.322 e. The lowest BCUT2D eigenvalue weighted by atomic mass is 9.93. The number of urea groups is 1. The van der Waals surface area contributed by atoms with Gasteiger partial charge >= 0.3 is 18.4 Å². The van der Waals surface area contributed by atoms with Gasteiger partial charge in [-0.3, -0.25) is 9.88 Å². The van der Waals surface area contributed by atoms with Gasteiger partial charge in [0.15, 0.2) is 0 Å². The highest BCUT2D eigenvalue weighted by atomic mass is 32.2. The van der Waals surface area contributed by atoms with Gasteiger partial charge in [0.05, 0.1) is 17.2 Å². The first kappa shape index (κ1) is 30.2. The van der Waals surface area contributed by atoms with Crippen LogP contribution in [0.15, 0.2) is 71.9 Å². The first-order valence-electron chi connectivity index (χ1n) is 12.0. The fourth-order valence-corrected chi connectivity index (χ4v) is 6.10. The summed E-state index contributed by atoms with van der Waals surface area (Å²) in [7, 11) is -1.82. The molecule has 2 amide bonds. The largest absolute Gasteiger partial charge is 0.416 e. The lowest BCUT2D eigenvalue weighted by molar-refractivity contribution is -0.143. The number of rotatable bonds is 5. The molecule has 7 nitrogen and oxygen atoms in total. The van der Waals surface area contributed by atoms with Crippen molar-refractivity contribution in [2.24, 2.45) is 0 Å². The lowest BCUT2D eigenvalue weighted by Crippen LogP contribution is -2.47. The molecular weight excluding hydrogens is 581 g/mol. The second-order valence-electron chi connectivity index (χ2n) is 9.45. The molecule has 41 heavy (non-hydrogen) atoms. The predicted molar refractivity (Wildman–Crippen MR) is 134 cm³/mol. The van der Waals surface area contributed by atoms with Crippen LogP contribution in [0.5, 0.6) is 0 Å². The molecule has 0 unspecified atom stereocenters. The number of hydrogen-bond acceptors (Lipinski definition) is 4. The molecule has 0 spiro atoms. The van der Waals surface area contributed by atoms with E-state index in [0.29, 0.717) is 22.6 Å². The summed E-state index contributed by atoms with van der Waals surface area (Å²) in [5.41, 5.74) is -3.38. The van der Waals surface area contributed by atoms with Gasteiger partial charge in [0, 0.05) is 51.2 Å². The fraction of sp³-hybridized carbons (Fsp3) is 0.308. The van der Waals surface area contributed by atoms with Crippen molar-refractivity contribution in [3.05, 3.63) is 89.5 Å². The normalized spacial score (nSPS) is 18.4. The number of likely N-dealkylation sites (N-methyl/N-ethyl adjacent to an activating group) is 1. The van der Waals surface area contributed by atoms with E-state index in [1.807, 2.05) is 0 Å². The van der Waals surface area contributed by atoms with E-state index in [1.165, 1.54) is 37.5 Å². The van der Waals surface area contributed by atoms with Crippen LogP contribution in [0.1, 0.15) is 22.6 Å². The summed E-state index contributed by atoms with van der Waals surface area (Å²) >= 11 is 0. The molecule has 3 aromatic rings. The van der Waals surface area contributed by atoms with Gasteiger partial charge in [0.1, 0.15) is 10.7 Å². The summed E-state index contributed by atoms with van der Waals surface area (Å²) in [5, 5.41) is 0. The quantitative estimate of drug-likeness (QED) is 0.356. The summed E-state index contributed by atoms with van der Waals surface area (Å²) in [4.78, 5) is 18.8. The number of carbonyl (C=O) groups is 1. The van der Waals surface area contributed by atoms with Crippen LogP contribution in [0.3, 0.4) is 0 Å². The van der Waals surface area contributed by atoms with Crippen LogP contribution >= 0.6 is 0 Å². The molecular formula is C26H23F7N4O3S. The number of pyridine rings is 1. The zero-order chi connectivity index (χ0) is 30.3. The zero-order valence-corrected chi connectivity index (χ0v) is 22.3. The minimum absolute atomic E-state index is 0.0474. The first-order chi connectivity index (χ1) is 19.0. The van der Waals surface area contributed by atoms with E-state index in [1.54, 1.807) is 0 Å². The molecule has 0 bridgehead atoms. The van der Waals surface area contributed by atoms with Crippen LogP contribution in [-0.2, 0) is 22.4 Å². The minimum atomic E-state index is -5.12. The fourth-order valence-electron chi connectivity index (χ4n) is 4.65. The Morgan fingerprint density at radius 2 is 1.51 bits per heavy atom. The van der Waals surface area contributed by atoms with Crippen molar-refractivity contribution in [2.45, 2.75) is 29.2 Å². The number of anilines is 1. The second kappa shape index (κ2) is 10.9. The number of amides is 2. The Morgan fingerprint density at radius 3 is 2.02 bits per heavy atom. The molecule has 1 saturated heterocycles. The van der Waals surface area contributed by atoms with Crippen molar-refractivity contribution in [3.63, 3.8) is 0 Å². The Hall–Kier alpha value is -3.72. The number of sulfonamides is 1. The molecule has 1 aliphatic heterocycles.